The lowest BCUT2D eigenvalue weighted by molar-refractivity contribution is -0.113. The zero-order valence-corrected chi connectivity index (χ0v) is 18.9. The van der Waals surface area contributed by atoms with Gasteiger partial charge in [0.05, 0.1) is 11.7 Å². The summed E-state index contributed by atoms with van der Waals surface area (Å²) in [5, 5.41) is 23.0. The molecule has 4 nitrogen and oxygen atoms in total. The van der Waals surface area contributed by atoms with Crippen molar-refractivity contribution in [3.63, 3.8) is 0 Å². The third-order valence-corrected chi connectivity index (χ3v) is 10.9. The van der Waals surface area contributed by atoms with E-state index in [0.717, 1.165) is 61.8 Å². The van der Waals surface area contributed by atoms with E-state index in [1.807, 2.05) is 24.0 Å². The Morgan fingerprint density at radius 1 is 1.17 bits per heavy atom. The molecule has 7 atom stereocenters. The monoisotopic (exact) mass is 416 g/mol. The van der Waals surface area contributed by atoms with E-state index in [1.54, 1.807) is 11.8 Å². The summed E-state index contributed by atoms with van der Waals surface area (Å²) < 4.78 is 2.05. The van der Waals surface area contributed by atoms with Crippen molar-refractivity contribution in [3.05, 3.63) is 24.0 Å². The molecular formula is C24H36N2O2S. The van der Waals surface area contributed by atoms with Gasteiger partial charge < -0.3 is 14.8 Å². The molecule has 3 saturated carbocycles. The van der Waals surface area contributed by atoms with Crippen LogP contribution in [0.15, 0.2) is 29.2 Å². The van der Waals surface area contributed by atoms with Gasteiger partial charge in [0.2, 0.25) is 0 Å². The number of aliphatic hydroxyl groups excluding tert-OH is 1. The van der Waals surface area contributed by atoms with Crippen LogP contribution in [0.2, 0.25) is 0 Å². The van der Waals surface area contributed by atoms with E-state index in [-0.39, 0.29) is 16.9 Å². The van der Waals surface area contributed by atoms with Gasteiger partial charge in [-0.2, -0.15) is 0 Å². The Hall–Kier alpha value is -0.780. The lowest BCUT2D eigenvalue weighted by Crippen LogP contribution is -2.55. The number of aryl methyl sites for hydroxylation is 1. The summed E-state index contributed by atoms with van der Waals surface area (Å²) in [4.78, 5) is 4.45. The second kappa shape index (κ2) is 6.86. The van der Waals surface area contributed by atoms with Crippen LogP contribution in [0.1, 0.15) is 65.2 Å². The molecule has 1 aromatic rings. The summed E-state index contributed by atoms with van der Waals surface area (Å²) in [5.41, 5.74) is 1.20. The van der Waals surface area contributed by atoms with Crippen molar-refractivity contribution < 1.29 is 10.2 Å². The number of imidazole rings is 1. The fraction of sp³-hybridized carbons (Fsp3) is 0.792. The highest BCUT2D eigenvalue weighted by Crippen LogP contribution is 2.67. The van der Waals surface area contributed by atoms with Crippen LogP contribution in [0.4, 0.5) is 0 Å². The lowest BCUT2D eigenvalue weighted by Gasteiger charge is -2.59. The van der Waals surface area contributed by atoms with Gasteiger partial charge in [-0.05, 0) is 74.5 Å². The number of hydrogen-bond donors (Lipinski definition) is 2. The Kier molecular flexibility index (Phi) is 4.77. The molecule has 3 fully saturated rings. The van der Waals surface area contributed by atoms with Crippen LogP contribution < -0.4 is 0 Å². The van der Waals surface area contributed by atoms with Crippen molar-refractivity contribution in [1.29, 1.82) is 0 Å². The minimum atomic E-state index is -0.604. The van der Waals surface area contributed by atoms with Crippen LogP contribution >= 0.6 is 11.8 Å². The molecular weight excluding hydrogens is 380 g/mol. The van der Waals surface area contributed by atoms with Crippen molar-refractivity contribution in [2.45, 2.75) is 82.1 Å². The van der Waals surface area contributed by atoms with Crippen molar-refractivity contribution in [3.8, 4) is 0 Å². The molecule has 5 heteroatoms. The van der Waals surface area contributed by atoms with Crippen LogP contribution in [-0.4, -0.2) is 37.2 Å². The highest BCUT2D eigenvalue weighted by molar-refractivity contribution is 7.99. The molecule has 0 aliphatic heterocycles. The Morgan fingerprint density at radius 3 is 2.72 bits per heavy atom. The first-order chi connectivity index (χ1) is 13.8. The van der Waals surface area contributed by atoms with Crippen molar-refractivity contribution in [1.82, 2.24) is 9.55 Å². The largest absolute Gasteiger partial charge is 0.393 e. The maximum Gasteiger partial charge on any atom is 0.167 e. The Balaban J connectivity index is 1.39. The Bertz CT molecular complexity index is 822. The first-order valence-corrected chi connectivity index (χ1v) is 12.5. The van der Waals surface area contributed by atoms with Gasteiger partial charge in [-0.3, -0.25) is 0 Å². The molecule has 0 unspecified atom stereocenters. The molecule has 4 aliphatic carbocycles. The molecule has 0 aromatic carbocycles. The quantitative estimate of drug-likeness (QED) is 0.560. The molecule has 2 N–H and O–H groups in total. The van der Waals surface area contributed by atoms with Crippen LogP contribution in [0.25, 0.3) is 0 Å². The third kappa shape index (κ3) is 2.90. The second-order valence-corrected chi connectivity index (χ2v) is 11.7. The lowest BCUT2D eigenvalue weighted by atomic mass is 9.47. The van der Waals surface area contributed by atoms with E-state index in [2.05, 4.69) is 24.9 Å². The molecule has 29 heavy (non-hydrogen) atoms. The van der Waals surface area contributed by atoms with Crippen LogP contribution in [-0.2, 0) is 7.05 Å². The number of allylic oxidation sites excluding steroid dienone is 1. The predicted octanol–water partition coefficient (Wildman–Crippen LogP) is 4.57. The standard InChI is InChI=1S/C24H36N2O2S/c1-22-9-6-17(27)14-16(22)4-5-18-19(22)7-10-23(2)20(18)8-11-24(23,28)15-29-21-25-12-13-26(21)3/h4,12-13,17-20,27-28H,5-11,14-15H2,1-3H3/t17-,18-,19+,20-,22+,23+,24-/m1/s1. The summed E-state index contributed by atoms with van der Waals surface area (Å²) in [7, 11) is 2.03. The summed E-state index contributed by atoms with van der Waals surface area (Å²) >= 11 is 1.71. The van der Waals surface area contributed by atoms with E-state index in [0.29, 0.717) is 11.8 Å². The van der Waals surface area contributed by atoms with E-state index >= 15 is 0 Å². The molecule has 0 saturated heterocycles. The fourth-order valence-electron chi connectivity index (χ4n) is 7.66. The maximum atomic E-state index is 11.9. The number of thioether (sulfide) groups is 1. The average Bonchev–Trinajstić information content (AvgIpc) is 3.22. The fourth-order valence-corrected chi connectivity index (χ4v) is 8.91. The predicted molar refractivity (Wildman–Crippen MR) is 117 cm³/mol. The Morgan fingerprint density at radius 2 is 1.97 bits per heavy atom. The van der Waals surface area contributed by atoms with E-state index in [4.69, 9.17) is 0 Å². The van der Waals surface area contributed by atoms with Gasteiger partial charge in [0.25, 0.3) is 0 Å². The van der Waals surface area contributed by atoms with Gasteiger partial charge >= 0.3 is 0 Å². The first-order valence-electron chi connectivity index (χ1n) is 11.5. The topological polar surface area (TPSA) is 58.3 Å². The molecule has 5 rings (SSSR count). The summed E-state index contributed by atoms with van der Waals surface area (Å²) in [6.45, 7) is 4.86. The number of nitrogens with zero attached hydrogens (tertiary/aromatic N) is 2. The number of fused-ring (bicyclic) bond motifs is 5. The van der Waals surface area contributed by atoms with E-state index in [9.17, 15) is 10.2 Å². The number of hydrogen-bond acceptors (Lipinski definition) is 4. The van der Waals surface area contributed by atoms with Gasteiger partial charge in [0, 0.05) is 30.6 Å². The highest BCUT2D eigenvalue weighted by Gasteiger charge is 2.63. The maximum absolute atomic E-state index is 11.9. The van der Waals surface area contributed by atoms with Crippen molar-refractivity contribution in [2.75, 3.05) is 5.75 Å². The average molecular weight is 417 g/mol. The molecule has 0 amide bonds. The van der Waals surface area contributed by atoms with Crippen LogP contribution in [0.3, 0.4) is 0 Å². The van der Waals surface area contributed by atoms with Crippen LogP contribution in [0.5, 0.6) is 0 Å². The molecule has 160 valence electrons. The molecule has 1 aromatic heterocycles. The Labute approximate surface area is 179 Å². The summed E-state index contributed by atoms with van der Waals surface area (Å²) in [6, 6.07) is 0. The number of aromatic nitrogens is 2. The van der Waals surface area contributed by atoms with E-state index in [1.165, 1.54) is 12.0 Å². The van der Waals surface area contributed by atoms with Gasteiger partial charge in [-0.15, -0.1) is 0 Å². The number of aliphatic hydroxyl groups is 2. The molecule has 0 bridgehead atoms. The normalized spacial score (nSPS) is 46.6. The van der Waals surface area contributed by atoms with E-state index < -0.39 is 5.60 Å². The van der Waals surface area contributed by atoms with Gasteiger partial charge in [0.15, 0.2) is 5.16 Å². The number of rotatable bonds is 3. The highest BCUT2D eigenvalue weighted by atomic mass is 32.2. The zero-order valence-electron chi connectivity index (χ0n) is 18.1. The molecule has 4 aliphatic rings. The molecule has 1 heterocycles. The van der Waals surface area contributed by atoms with Gasteiger partial charge in [0.1, 0.15) is 0 Å². The second-order valence-electron chi connectivity index (χ2n) is 10.8. The summed E-state index contributed by atoms with van der Waals surface area (Å²) in [6.07, 6.45) is 14.7. The SMILES string of the molecule is Cn1ccnc1SC[C@]1(O)CC[C@@H]2[C@@H]3CC=C4C[C@H](O)CC[C@]4(C)[C@H]3CC[C@@]21C. The smallest absolute Gasteiger partial charge is 0.167 e. The van der Waals surface area contributed by atoms with Gasteiger partial charge in [-0.25, -0.2) is 4.98 Å². The summed E-state index contributed by atoms with van der Waals surface area (Å²) in [5.74, 6) is 2.75. The van der Waals surface area contributed by atoms with Gasteiger partial charge in [-0.1, -0.05) is 37.3 Å². The van der Waals surface area contributed by atoms with Crippen molar-refractivity contribution >= 4 is 11.8 Å². The molecule has 0 spiro atoms. The minimum Gasteiger partial charge on any atom is -0.393 e. The van der Waals surface area contributed by atoms with Crippen molar-refractivity contribution in [2.24, 2.45) is 35.6 Å². The third-order valence-electron chi connectivity index (χ3n) is 9.62. The minimum absolute atomic E-state index is 0.00220. The first kappa shape index (κ1) is 20.1. The zero-order chi connectivity index (χ0) is 20.4. The van der Waals surface area contributed by atoms with Crippen LogP contribution in [0, 0.1) is 28.6 Å². The molecule has 0 radical (unpaired) electrons.